The Morgan fingerprint density at radius 2 is 1.09 bits per heavy atom. The second kappa shape index (κ2) is 7.02. The fourth-order valence-corrected chi connectivity index (χ4v) is 99.3. The highest BCUT2D eigenvalue weighted by Crippen LogP contribution is 2.42. The van der Waals surface area contributed by atoms with E-state index in [1.54, 1.807) is 0 Å². The second-order valence-corrected chi connectivity index (χ2v) is 50.8. The number of hydrogen-bond acceptors (Lipinski definition) is 2. The van der Waals surface area contributed by atoms with E-state index in [4.69, 9.17) is 4.43 Å². The maximum atomic E-state index is 11.6. The van der Waals surface area contributed by atoms with Gasteiger partial charge in [-0.3, -0.25) is 0 Å². The number of carbonyl (C=O) groups is 1. The van der Waals surface area contributed by atoms with Crippen molar-refractivity contribution >= 4 is 35.9 Å². The topological polar surface area (TPSA) is 26.3 Å². The lowest BCUT2D eigenvalue weighted by Gasteiger charge is -2.59. The summed E-state index contributed by atoms with van der Waals surface area (Å²) in [5.74, 6) is -0.0362. The van der Waals surface area contributed by atoms with Gasteiger partial charge in [0.05, 0.1) is 28.9 Å². The minimum absolute atomic E-state index is 0.00245. The quantitative estimate of drug-likeness (QED) is 0.427. The molecule has 0 spiro atoms. The van der Waals surface area contributed by atoms with Gasteiger partial charge in [0.2, 0.25) is 0 Å². The van der Waals surface area contributed by atoms with Crippen LogP contribution in [0.25, 0.3) is 0 Å². The molecule has 0 N–H and O–H groups in total. The standard InChI is InChI=1S/C17H42O2Si4/c1-15(14-18)16(17(2,3)4)19-23(20(5,6)7,21(8,9)10)22(11,12)13/h14-16H,1-13H3/t15-,16+/m0/s1. The van der Waals surface area contributed by atoms with Crippen molar-refractivity contribution in [2.75, 3.05) is 0 Å². The van der Waals surface area contributed by atoms with Crippen molar-refractivity contribution in [3.05, 3.63) is 0 Å². The van der Waals surface area contributed by atoms with E-state index in [0.29, 0.717) is 0 Å². The van der Waals surface area contributed by atoms with Gasteiger partial charge < -0.3 is 9.22 Å². The summed E-state index contributed by atoms with van der Waals surface area (Å²) >= 11 is 0. The molecule has 0 saturated carbocycles. The monoisotopic (exact) mass is 390 g/mol. The number of carbonyl (C=O) groups excluding carboxylic acids is 1. The summed E-state index contributed by atoms with van der Waals surface area (Å²) in [4.78, 5) is 11.6. The van der Waals surface area contributed by atoms with Crippen LogP contribution in [0.2, 0.25) is 58.9 Å². The molecule has 0 aliphatic carbocycles. The summed E-state index contributed by atoms with van der Waals surface area (Å²) in [5.41, 5.74) is -0.00245. The van der Waals surface area contributed by atoms with E-state index in [1.807, 2.05) is 6.92 Å². The molecule has 2 atom stereocenters. The van der Waals surface area contributed by atoms with E-state index < -0.39 is 29.6 Å². The van der Waals surface area contributed by atoms with E-state index in [9.17, 15) is 4.79 Å². The Morgan fingerprint density at radius 1 is 0.783 bits per heavy atom. The highest BCUT2D eigenvalue weighted by molar-refractivity contribution is 7.87. The fourth-order valence-electron chi connectivity index (χ4n) is 5.24. The van der Waals surface area contributed by atoms with E-state index in [1.165, 1.54) is 0 Å². The van der Waals surface area contributed by atoms with Crippen molar-refractivity contribution in [3.63, 3.8) is 0 Å². The second-order valence-electron chi connectivity index (χ2n) is 11.3. The zero-order valence-electron chi connectivity index (χ0n) is 18.0. The van der Waals surface area contributed by atoms with Crippen LogP contribution in [-0.4, -0.2) is 42.0 Å². The van der Waals surface area contributed by atoms with Gasteiger partial charge in [-0.1, -0.05) is 86.6 Å². The van der Waals surface area contributed by atoms with Crippen LogP contribution in [0.1, 0.15) is 27.7 Å². The molecule has 0 aliphatic rings. The average Bonchev–Trinajstić information content (AvgIpc) is 2.21. The van der Waals surface area contributed by atoms with Gasteiger partial charge in [0.25, 0.3) is 0 Å². The van der Waals surface area contributed by atoms with Crippen molar-refractivity contribution in [3.8, 4) is 0 Å². The van der Waals surface area contributed by atoms with E-state index in [0.717, 1.165) is 6.29 Å². The van der Waals surface area contributed by atoms with Crippen LogP contribution in [-0.2, 0) is 9.22 Å². The lowest BCUT2D eigenvalue weighted by molar-refractivity contribution is -0.115. The van der Waals surface area contributed by atoms with Crippen molar-refractivity contribution in [1.82, 2.24) is 0 Å². The molecule has 0 bridgehead atoms. The third-order valence-electron chi connectivity index (χ3n) is 5.02. The normalized spacial score (nSPS) is 17.8. The van der Waals surface area contributed by atoms with Crippen LogP contribution in [0.3, 0.4) is 0 Å². The smallest absolute Gasteiger partial charge is 0.158 e. The first-order valence-corrected chi connectivity index (χ1v) is 24.4. The molecule has 138 valence electrons. The molecule has 0 aromatic rings. The minimum Gasteiger partial charge on any atom is -0.422 e. The Kier molecular flexibility index (Phi) is 7.17. The molecule has 23 heavy (non-hydrogen) atoms. The lowest BCUT2D eigenvalue weighted by atomic mass is 9.83. The molecule has 0 unspecified atom stereocenters. The van der Waals surface area contributed by atoms with E-state index in [-0.39, 0.29) is 17.4 Å². The summed E-state index contributed by atoms with van der Waals surface area (Å²) in [6.07, 6.45) is 1.14. The maximum absolute atomic E-state index is 11.6. The van der Waals surface area contributed by atoms with Gasteiger partial charge >= 0.3 is 0 Å². The Bertz CT molecular complexity index is 372. The molecular formula is C17H42O2Si4. The molecule has 0 rings (SSSR count). The summed E-state index contributed by atoms with van der Waals surface area (Å²) in [6, 6.07) is 0. The lowest BCUT2D eigenvalue weighted by Crippen LogP contribution is -2.85. The first-order chi connectivity index (χ1) is 9.83. The highest BCUT2D eigenvalue weighted by atomic mass is 29.9. The first kappa shape index (κ1) is 23.5. The van der Waals surface area contributed by atoms with E-state index >= 15 is 0 Å². The van der Waals surface area contributed by atoms with Crippen LogP contribution >= 0.6 is 0 Å². The number of rotatable bonds is 7. The Labute approximate surface area is 149 Å². The van der Waals surface area contributed by atoms with Gasteiger partial charge in [0, 0.05) is 5.92 Å². The Hall–Kier alpha value is 0.498. The Morgan fingerprint density at radius 3 is 1.26 bits per heavy atom. The van der Waals surface area contributed by atoms with Gasteiger partial charge in [-0.05, 0) is 5.41 Å². The molecule has 0 radical (unpaired) electrons. The van der Waals surface area contributed by atoms with Crippen LogP contribution in [0.15, 0.2) is 0 Å². The van der Waals surface area contributed by atoms with E-state index in [2.05, 4.69) is 79.7 Å². The SMILES string of the molecule is C[C@@H](C=O)[C@@H](O[Si]([Si](C)(C)C)([Si](C)(C)C)[Si](C)(C)C)C(C)(C)C. The highest BCUT2D eigenvalue weighted by Gasteiger charge is 2.65. The number of hydrogen-bond donors (Lipinski definition) is 0. The maximum Gasteiger partial charge on any atom is 0.158 e. The first-order valence-electron chi connectivity index (χ1n) is 8.96. The molecule has 0 aliphatic heterocycles. The zero-order chi connectivity index (χ0) is 19.1. The third-order valence-corrected chi connectivity index (χ3v) is 72.5. The predicted octanol–water partition coefficient (Wildman–Crippen LogP) is 5.45. The minimum atomic E-state index is -1.89. The average molecular weight is 391 g/mol. The van der Waals surface area contributed by atoms with Gasteiger partial charge in [0.15, 0.2) is 6.87 Å². The van der Waals surface area contributed by atoms with Crippen molar-refractivity contribution < 1.29 is 9.22 Å². The Balaban J connectivity index is 6.44. The zero-order valence-corrected chi connectivity index (χ0v) is 22.0. The fraction of sp³-hybridized carbons (Fsp3) is 0.941. The largest absolute Gasteiger partial charge is 0.422 e. The molecular weight excluding hydrogens is 349 g/mol. The van der Waals surface area contributed by atoms with Gasteiger partial charge in [0.1, 0.15) is 6.29 Å². The van der Waals surface area contributed by atoms with Crippen molar-refractivity contribution in [2.45, 2.75) is 92.7 Å². The summed E-state index contributed by atoms with van der Waals surface area (Å²) < 4.78 is 7.34. The summed E-state index contributed by atoms with van der Waals surface area (Å²) in [7, 11) is -4.45. The van der Waals surface area contributed by atoms with Gasteiger partial charge in [-0.15, -0.1) is 0 Å². The molecule has 0 amide bonds. The predicted molar refractivity (Wildman–Crippen MR) is 115 cm³/mol. The summed E-state index contributed by atoms with van der Waals surface area (Å²) in [5, 5.41) is 0. The third kappa shape index (κ3) is 4.77. The molecule has 0 heterocycles. The number of aldehydes is 1. The molecule has 2 nitrogen and oxygen atoms in total. The van der Waals surface area contributed by atoms with Crippen LogP contribution in [0.5, 0.6) is 0 Å². The molecule has 0 saturated heterocycles. The van der Waals surface area contributed by atoms with Crippen LogP contribution in [0, 0.1) is 11.3 Å². The molecule has 0 aromatic carbocycles. The van der Waals surface area contributed by atoms with Crippen molar-refractivity contribution in [2.24, 2.45) is 11.3 Å². The van der Waals surface area contributed by atoms with Crippen LogP contribution < -0.4 is 0 Å². The molecule has 0 fully saturated rings. The molecule has 0 aromatic heterocycles. The van der Waals surface area contributed by atoms with Crippen molar-refractivity contribution in [1.29, 1.82) is 0 Å². The van der Waals surface area contributed by atoms with Crippen LogP contribution in [0.4, 0.5) is 0 Å². The van der Waals surface area contributed by atoms with Gasteiger partial charge in [-0.2, -0.15) is 0 Å². The molecule has 6 heteroatoms. The van der Waals surface area contributed by atoms with Gasteiger partial charge in [-0.25, -0.2) is 0 Å². The summed E-state index contributed by atoms with van der Waals surface area (Å²) in [6.45, 7) is 29.6.